The second-order valence-corrected chi connectivity index (χ2v) is 3.35. The fourth-order valence-electron chi connectivity index (χ4n) is 1.28. The lowest BCUT2D eigenvalue weighted by Gasteiger charge is -2.11. The molecule has 1 aromatic rings. The molecule has 1 amide bonds. The van der Waals surface area contributed by atoms with Crippen molar-refractivity contribution in [2.24, 2.45) is 5.73 Å². The predicted molar refractivity (Wildman–Crippen MR) is 60.0 cm³/mol. The third-order valence-electron chi connectivity index (χ3n) is 2.04. The number of ether oxygens (including phenoxy) is 1. The minimum Gasteiger partial charge on any atom is -0.495 e. The Balaban J connectivity index is 2.65. The normalized spacial score (nSPS) is 9.73. The van der Waals surface area contributed by atoms with Crippen LogP contribution in [0.15, 0.2) is 18.2 Å². The molecule has 15 heavy (non-hydrogen) atoms. The summed E-state index contributed by atoms with van der Waals surface area (Å²) in [4.78, 5) is 10.6. The predicted octanol–water partition coefficient (Wildman–Crippen LogP) is 1.29. The number of carbonyl (C=O) groups is 1. The lowest BCUT2D eigenvalue weighted by molar-refractivity contribution is -0.117. The van der Waals surface area contributed by atoms with E-state index in [1.165, 1.54) is 0 Å². The second-order valence-electron chi connectivity index (χ2n) is 3.35. The summed E-state index contributed by atoms with van der Waals surface area (Å²) in [6.07, 6.45) is 0.317. The molecule has 0 bridgehead atoms. The molecule has 82 valence electrons. The van der Waals surface area contributed by atoms with Crippen molar-refractivity contribution in [1.29, 1.82) is 0 Å². The van der Waals surface area contributed by atoms with E-state index in [0.29, 0.717) is 13.0 Å². The maximum atomic E-state index is 10.6. The van der Waals surface area contributed by atoms with Gasteiger partial charge in [-0.15, -0.1) is 0 Å². The van der Waals surface area contributed by atoms with E-state index in [4.69, 9.17) is 10.5 Å². The molecule has 4 heteroatoms. The summed E-state index contributed by atoms with van der Waals surface area (Å²) in [6.45, 7) is 2.52. The number of methoxy groups -OCH3 is 1. The first-order valence-corrected chi connectivity index (χ1v) is 4.80. The van der Waals surface area contributed by atoms with Crippen LogP contribution in [0.25, 0.3) is 0 Å². The van der Waals surface area contributed by atoms with Gasteiger partial charge in [-0.1, -0.05) is 6.07 Å². The molecule has 0 fully saturated rings. The van der Waals surface area contributed by atoms with E-state index in [1.54, 1.807) is 7.11 Å². The number of primary amides is 1. The lowest BCUT2D eigenvalue weighted by atomic mass is 10.2. The number of nitrogens with one attached hydrogen (secondary N) is 1. The van der Waals surface area contributed by atoms with E-state index in [0.717, 1.165) is 17.0 Å². The quantitative estimate of drug-likeness (QED) is 0.766. The Bertz CT molecular complexity index is 350. The molecule has 4 nitrogen and oxygen atoms in total. The number of anilines is 1. The number of amides is 1. The number of hydrogen-bond donors (Lipinski definition) is 2. The Labute approximate surface area is 89.4 Å². The number of hydrogen-bond acceptors (Lipinski definition) is 3. The molecule has 0 spiro atoms. The number of aryl methyl sites for hydroxylation is 1. The maximum absolute atomic E-state index is 10.6. The van der Waals surface area contributed by atoms with Gasteiger partial charge in [-0.2, -0.15) is 0 Å². The number of carbonyl (C=O) groups excluding carboxylic acids is 1. The first kappa shape index (κ1) is 11.4. The Morgan fingerprint density at radius 3 is 2.87 bits per heavy atom. The van der Waals surface area contributed by atoms with Gasteiger partial charge in [-0.3, -0.25) is 4.79 Å². The van der Waals surface area contributed by atoms with Gasteiger partial charge in [0.25, 0.3) is 0 Å². The Hall–Kier alpha value is -1.71. The van der Waals surface area contributed by atoms with Crippen molar-refractivity contribution in [3.63, 3.8) is 0 Å². The van der Waals surface area contributed by atoms with E-state index in [-0.39, 0.29) is 5.91 Å². The van der Waals surface area contributed by atoms with Gasteiger partial charge in [0.15, 0.2) is 0 Å². The van der Waals surface area contributed by atoms with Crippen molar-refractivity contribution in [2.45, 2.75) is 13.3 Å². The molecular formula is C11H16N2O2. The number of rotatable bonds is 5. The van der Waals surface area contributed by atoms with Gasteiger partial charge >= 0.3 is 0 Å². The summed E-state index contributed by atoms with van der Waals surface area (Å²) in [5, 5.41) is 3.11. The highest BCUT2D eigenvalue weighted by atomic mass is 16.5. The molecule has 0 aliphatic carbocycles. The molecule has 0 saturated carbocycles. The minimum atomic E-state index is -0.311. The fourth-order valence-corrected chi connectivity index (χ4v) is 1.28. The molecule has 0 heterocycles. The number of benzene rings is 1. The van der Waals surface area contributed by atoms with Crippen molar-refractivity contribution in [3.05, 3.63) is 23.8 Å². The summed E-state index contributed by atoms with van der Waals surface area (Å²) in [5.41, 5.74) is 7.07. The summed E-state index contributed by atoms with van der Waals surface area (Å²) < 4.78 is 5.18. The van der Waals surface area contributed by atoms with E-state index in [9.17, 15) is 4.79 Å². The average Bonchev–Trinajstić information content (AvgIpc) is 2.17. The highest BCUT2D eigenvalue weighted by Crippen LogP contribution is 2.24. The van der Waals surface area contributed by atoms with Crippen LogP contribution >= 0.6 is 0 Å². The second kappa shape index (κ2) is 5.24. The van der Waals surface area contributed by atoms with Crippen molar-refractivity contribution < 1.29 is 9.53 Å². The zero-order chi connectivity index (χ0) is 11.3. The molecule has 0 aliphatic heterocycles. The first-order chi connectivity index (χ1) is 7.13. The molecular weight excluding hydrogens is 192 g/mol. The molecule has 1 rings (SSSR count). The van der Waals surface area contributed by atoms with Crippen LogP contribution in [0.2, 0.25) is 0 Å². The summed E-state index contributed by atoms with van der Waals surface area (Å²) in [6, 6.07) is 5.83. The Kier molecular flexibility index (Phi) is 3.97. The van der Waals surface area contributed by atoms with Crippen LogP contribution in [0.1, 0.15) is 12.0 Å². The highest BCUT2D eigenvalue weighted by molar-refractivity contribution is 5.74. The monoisotopic (exact) mass is 208 g/mol. The van der Waals surface area contributed by atoms with Gasteiger partial charge in [-0.25, -0.2) is 0 Å². The van der Waals surface area contributed by atoms with E-state index in [2.05, 4.69) is 5.32 Å². The van der Waals surface area contributed by atoms with Crippen molar-refractivity contribution in [3.8, 4) is 5.75 Å². The molecule has 0 aromatic heterocycles. The van der Waals surface area contributed by atoms with Crippen LogP contribution in [-0.2, 0) is 4.79 Å². The van der Waals surface area contributed by atoms with Gasteiger partial charge in [0.2, 0.25) is 5.91 Å². The Morgan fingerprint density at radius 2 is 2.27 bits per heavy atom. The average molecular weight is 208 g/mol. The van der Waals surface area contributed by atoms with Gasteiger partial charge in [0.1, 0.15) is 5.75 Å². The summed E-state index contributed by atoms with van der Waals surface area (Å²) in [5.74, 6) is 0.458. The van der Waals surface area contributed by atoms with Gasteiger partial charge in [0, 0.05) is 13.0 Å². The number of nitrogens with two attached hydrogens (primary N) is 1. The molecule has 1 aromatic carbocycles. The van der Waals surface area contributed by atoms with E-state index >= 15 is 0 Å². The zero-order valence-electron chi connectivity index (χ0n) is 9.04. The molecule has 0 radical (unpaired) electrons. The minimum absolute atomic E-state index is 0.311. The van der Waals surface area contributed by atoms with Crippen molar-refractivity contribution in [2.75, 3.05) is 19.0 Å². The van der Waals surface area contributed by atoms with Crippen LogP contribution in [-0.4, -0.2) is 19.6 Å². The van der Waals surface area contributed by atoms with Crippen LogP contribution in [0, 0.1) is 6.92 Å². The zero-order valence-corrected chi connectivity index (χ0v) is 9.04. The van der Waals surface area contributed by atoms with Crippen LogP contribution in [0.3, 0.4) is 0 Å². The highest BCUT2D eigenvalue weighted by Gasteiger charge is 2.02. The topological polar surface area (TPSA) is 64.3 Å². The largest absolute Gasteiger partial charge is 0.495 e. The third-order valence-corrected chi connectivity index (χ3v) is 2.04. The van der Waals surface area contributed by atoms with Crippen LogP contribution < -0.4 is 15.8 Å². The molecule has 0 aliphatic rings. The summed E-state index contributed by atoms with van der Waals surface area (Å²) in [7, 11) is 1.62. The standard InChI is InChI=1S/C11H16N2O2/c1-8-3-4-10(15-2)9(7-8)13-6-5-11(12)14/h3-4,7,13H,5-6H2,1-2H3,(H2,12,14). The SMILES string of the molecule is COc1ccc(C)cc1NCCC(N)=O. The molecule has 3 N–H and O–H groups in total. The van der Waals surface area contributed by atoms with E-state index in [1.807, 2.05) is 25.1 Å². The Morgan fingerprint density at radius 1 is 1.53 bits per heavy atom. The van der Waals surface area contributed by atoms with Crippen molar-refractivity contribution >= 4 is 11.6 Å². The third kappa shape index (κ3) is 3.50. The van der Waals surface area contributed by atoms with Crippen LogP contribution in [0.5, 0.6) is 5.75 Å². The van der Waals surface area contributed by atoms with Crippen LogP contribution in [0.4, 0.5) is 5.69 Å². The summed E-state index contributed by atoms with van der Waals surface area (Å²) >= 11 is 0. The van der Waals surface area contributed by atoms with Gasteiger partial charge in [-0.05, 0) is 24.6 Å². The van der Waals surface area contributed by atoms with Crippen molar-refractivity contribution in [1.82, 2.24) is 0 Å². The van der Waals surface area contributed by atoms with E-state index < -0.39 is 0 Å². The molecule has 0 saturated heterocycles. The lowest BCUT2D eigenvalue weighted by Crippen LogP contribution is -2.16. The smallest absolute Gasteiger partial charge is 0.219 e. The fraction of sp³-hybridized carbons (Fsp3) is 0.364. The first-order valence-electron chi connectivity index (χ1n) is 4.80. The molecule has 0 atom stereocenters. The van der Waals surface area contributed by atoms with Gasteiger partial charge < -0.3 is 15.8 Å². The molecule has 0 unspecified atom stereocenters. The van der Waals surface area contributed by atoms with Gasteiger partial charge in [0.05, 0.1) is 12.8 Å². The maximum Gasteiger partial charge on any atom is 0.219 e.